The predicted molar refractivity (Wildman–Crippen MR) is 82.0 cm³/mol. The lowest BCUT2D eigenvalue weighted by Gasteiger charge is -2.19. The van der Waals surface area contributed by atoms with Crippen LogP contribution in [0.4, 0.5) is 0 Å². The second-order valence-corrected chi connectivity index (χ2v) is 5.36. The minimum absolute atomic E-state index is 0.112. The molecule has 2 aromatic rings. The first kappa shape index (κ1) is 15.5. The van der Waals surface area contributed by atoms with E-state index in [1.807, 2.05) is 30.3 Å². The minimum atomic E-state index is -0.229. The van der Waals surface area contributed by atoms with Crippen molar-refractivity contribution < 1.29 is 9.53 Å². The zero-order valence-corrected chi connectivity index (χ0v) is 12.8. The van der Waals surface area contributed by atoms with Crippen LogP contribution in [0.2, 0.25) is 0 Å². The molecule has 0 radical (unpaired) electrons. The summed E-state index contributed by atoms with van der Waals surface area (Å²) in [5.41, 5.74) is 1.44. The average molecular weight is 308 g/mol. The first-order valence-corrected chi connectivity index (χ1v) is 7.04. The van der Waals surface area contributed by atoms with Crippen molar-refractivity contribution >= 4 is 17.5 Å². The summed E-state index contributed by atoms with van der Waals surface area (Å²) in [6, 6.07) is 9.64. The highest BCUT2D eigenvalue weighted by Gasteiger charge is 2.17. The van der Waals surface area contributed by atoms with E-state index in [0.717, 1.165) is 5.69 Å². The molecular weight excluding hydrogens is 290 g/mol. The van der Waals surface area contributed by atoms with E-state index in [4.69, 9.17) is 16.3 Å². The van der Waals surface area contributed by atoms with Gasteiger partial charge in [0, 0.05) is 26.9 Å². The topological polar surface area (TPSA) is 47.4 Å². The zero-order valence-electron chi connectivity index (χ0n) is 12.1. The molecule has 0 bridgehead atoms. The zero-order chi connectivity index (χ0) is 15.2. The van der Waals surface area contributed by atoms with Crippen LogP contribution in [0.15, 0.2) is 42.7 Å². The number of ether oxygens (including phenoxy) is 1. The van der Waals surface area contributed by atoms with Crippen LogP contribution in [-0.2, 0) is 4.74 Å². The van der Waals surface area contributed by atoms with Crippen LogP contribution in [0.3, 0.4) is 0 Å². The van der Waals surface area contributed by atoms with Crippen molar-refractivity contribution in [1.82, 2.24) is 14.7 Å². The molecule has 0 fully saturated rings. The third-order valence-electron chi connectivity index (χ3n) is 3.02. The molecular formula is C15H18ClN3O2. The quantitative estimate of drug-likeness (QED) is 0.769. The number of para-hydroxylation sites is 1. The maximum Gasteiger partial charge on any atom is 0.256 e. The first-order valence-electron chi connectivity index (χ1n) is 6.60. The van der Waals surface area contributed by atoms with E-state index in [9.17, 15) is 4.79 Å². The van der Waals surface area contributed by atoms with Crippen molar-refractivity contribution in [2.75, 3.05) is 27.3 Å². The van der Waals surface area contributed by atoms with Gasteiger partial charge in [0.25, 0.3) is 5.91 Å². The van der Waals surface area contributed by atoms with E-state index < -0.39 is 0 Å². The van der Waals surface area contributed by atoms with Gasteiger partial charge in [0.15, 0.2) is 0 Å². The van der Waals surface area contributed by atoms with Crippen molar-refractivity contribution in [3.8, 4) is 5.69 Å². The van der Waals surface area contributed by atoms with Crippen molar-refractivity contribution in [1.29, 1.82) is 0 Å². The molecule has 112 valence electrons. The molecule has 21 heavy (non-hydrogen) atoms. The summed E-state index contributed by atoms with van der Waals surface area (Å²) in [6.07, 6.45) is 3.28. The summed E-state index contributed by atoms with van der Waals surface area (Å²) in [5, 5.41) is 3.99. The van der Waals surface area contributed by atoms with Crippen molar-refractivity contribution in [2.45, 2.75) is 5.38 Å². The Balaban J connectivity index is 2.05. The molecule has 0 saturated carbocycles. The van der Waals surface area contributed by atoms with Gasteiger partial charge < -0.3 is 9.64 Å². The lowest BCUT2D eigenvalue weighted by Crippen LogP contribution is -2.33. The lowest BCUT2D eigenvalue weighted by atomic mass is 10.3. The molecule has 5 nitrogen and oxygen atoms in total. The lowest BCUT2D eigenvalue weighted by molar-refractivity contribution is 0.0781. The van der Waals surface area contributed by atoms with E-state index in [1.54, 1.807) is 36.1 Å². The van der Waals surface area contributed by atoms with Gasteiger partial charge in [0.05, 0.1) is 29.4 Å². The van der Waals surface area contributed by atoms with Gasteiger partial charge in [0.2, 0.25) is 0 Å². The van der Waals surface area contributed by atoms with Gasteiger partial charge in [0.1, 0.15) is 0 Å². The first-order chi connectivity index (χ1) is 10.1. The molecule has 0 saturated heterocycles. The van der Waals surface area contributed by atoms with Gasteiger partial charge in [-0.2, -0.15) is 5.10 Å². The van der Waals surface area contributed by atoms with Gasteiger partial charge >= 0.3 is 0 Å². The molecule has 1 atom stereocenters. The largest absolute Gasteiger partial charge is 0.383 e. The molecule has 1 heterocycles. The van der Waals surface area contributed by atoms with Crippen LogP contribution in [0.1, 0.15) is 10.4 Å². The molecule has 0 aliphatic carbocycles. The highest BCUT2D eigenvalue weighted by Crippen LogP contribution is 2.10. The number of rotatable bonds is 6. The van der Waals surface area contributed by atoms with Gasteiger partial charge in [-0.05, 0) is 12.1 Å². The van der Waals surface area contributed by atoms with Crippen LogP contribution in [0.5, 0.6) is 0 Å². The number of hydrogen-bond acceptors (Lipinski definition) is 3. The SMILES string of the molecule is COCC(Cl)CN(C)C(=O)c1cnn(-c2ccccc2)c1. The fourth-order valence-electron chi connectivity index (χ4n) is 1.99. The number of methoxy groups -OCH3 is 1. The summed E-state index contributed by atoms with van der Waals surface area (Å²) < 4.78 is 6.64. The molecule has 6 heteroatoms. The number of aromatic nitrogens is 2. The summed E-state index contributed by atoms with van der Waals surface area (Å²) in [7, 11) is 3.30. The van der Waals surface area contributed by atoms with Crippen LogP contribution in [0, 0.1) is 0 Å². The Morgan fingerprint density at radius 2 is 2.14 bits per heavy atom. The van der Waals surface area contributed by atoms with Crippen LogP contribution >= 0.6 is 11.6 Å². The van der Waals surface area contributed by atoms with Gasteiger partial charge in [-0.3, -0.25) is 4.79 Å². The van der Waals surface area contributed by atoms with Gasteiger partial charge in [-0.15, -0.1) is 11.6 Å². The van der Waals surface area contributed by atoms with Crippen LogP contribution < -0.4 is 0 Å². The van der Waals surface area contributed by atoms with Crippen LogP contribution in [0.25, 0.3) is 5.69 Å². The number of carbonyl (C=O) groups excluding carboxylic acids is 1. The van der Waals surface area contributed by atoms with E-state index in [0.29, 0.717) is 18.7 Å². The van der Waals surface area contributed by atoms with Gasteiger partial charge in [-0.1, -0.05) is 18.2 Å². The number of carbonyl (C=O) groups is 1. The van der Waals surface area contributed by atoms with Gasteiger partial charge in [-0.25, -0.2) is 4.68 Å². The fourth-order valence-corrected chi connectivity index (χ4v) is 2.32. The highest BCUT2D eigenvalue weighted by atomic mass is 35.5. The summed E-state index contributed by atoms with van der Waals surface area (Å²) >= 11 is 6.07. The van der Waals surface area contributed by atoms with E-state index in [-0.39, 0.29) is 11.3 Å². The molecule has 0 spiro atoms. The molecule has 0 N–H and O–H groups in total. The maximum absolute atomic E-state index is 12.3. The smallest absolute Gasteiger partial charge is 0.256 e. The third kappa shape index (κ3) is 4.06. The fraction of sp³-hybridized carbons (Fsp3) is 0.333. The molecule has 1 amide bonds. The number of halogens is 1. The third-order valence-corrected chi connectivity index (χ3v) is 3.28. The number of hydrogen-bond donors (Lipinski definition) is 0. The van der Waals surface area contributed by atoms with Crippen molar-refractivity contribution in [3.63, 3.8) is 0 Å². The molecule has 0 aliphatic heterocycles. The Hall–Kier alpha value is -1.85. The normalized spacial score (nSPS) is 12.1. The van der Waals surface area contributed by atoms with E-state index in [2.05, 4.69) is 5.10 Å². The number of nitrogens with zero attached hydrogens (tertiary/aromatic N) is 3. The highest BCUT2D eigenvalue weighted by molar-refractivity contribution is 6.21. The Morgan fingerprint density at radius 1 is 1.43 bits per heavy atom. The summed E-state index contributed by atoms with van der Waals surface area (Å²) in [5.74, 6) is -0.112. The van der Waals surface area contributed by atoms with E-state index >= 15 is 0 Å². The standard InChI is InChI=1S/C15H18ClN3O2/c1-18(10-13(16)11-21-2)15(20)12-8-17-19(9-12)14-6-4-3-5-7-14/h3-9,13H,10-11H2,1-2H3. The number of amides is 1. The Labute approximate surface area is 129 Å². The Kier molecular flexibility index (Phi) is 5.36. The van der Waals surface area contributed by atoms with Crippen molar-refractivity contribution in [2.24, 2.45) is 0 Å². The second-order valence-electron chi connectivity index (χ2n) is 4.75. The monoisotopic (exact) mass is 307 g/mol. The number of benzene rings is 1. The Morgan fingerprint density at radius 3 is 2.81 bits per heavy atom. The summed E-state index contributed by atoms with van der Waals surface area (Å²) in [4.78, 5) is 13.9. The minimum Gasteiger partial charge on any atom is -0.383 e. The predicted octanol–water partition coefficient (Wildman–Crippen LogP) is 2.20. The molecule has 1 unspecified atom stereocenters. The second kappa shape index (κ2) is 7.24. The van der Waals surface area contributed by atoms with E-state index in [1.165, 1.54) is 0 Å². The Bertz CT molecular complexity index is 586. The molecule has 1 aromatic carbocycles. The summed E-state index contributed by atoms with van der Waals surface area (Å²) in [6.45, 7) is 0.827. The maximum atomic E-state index is 12.3. The molecule has 2 rings (SSSR count). The van der Waals surface area contributed by atoms with Crippen LogP contribution in [-0.4, -0.2) is 53.3 Å². The van der Waals surface area contributed by atoms with Crippen molar-refractivity contribution in [3.05, 3.63) is 48.3 Å². The molecule has 0 aliphatic rings. The number of alkyl halides is 1. The molecule has 1 aromatic heterocycles. The average Bonchev–Trinajstić information content (AvgIpc) is 2.97.